The molecule has 8 nitrogen and oxygen atoms in total. The number of aromatic nitrogens is 6. The molecule has 120 valence electrons. The summed E-state index contributed by atoms with van der Waals surface area (Å²) in [7, 11) is 0. The van der Waals surface area contributed by atoms with E-state index in [0.29, 0.717) is 31.9 Å². The average molecular weight is 305 g/mol. The highest BCUT2D eigenvalue weighted by molar-refractivity contribution is 5.75. The maximum atomic E-state index is 11.8. The summed E-state index contributed by atoms with van der Waals surface area (Å²) in [4.78, 5) is 11.8. The quantitative estimate of drug-likeness (QED) is 0.807. The van der Waals surface area contributed by atoms with Gasteiger partial charge in [0.2, 0.25) is 5.91 Å². The molecule has 2 aromatic rings. The molecule has 0 radical (unpaired) electrons. The fourth-order valence-electron chi connectivity index (χ4n) is 2.52. The second kappa shape index (κ2) is 7.15. The zero-order valence-electron chi connectivity index (χ0n) is 13.6. The molecule has 0 aliphatic rings. The topological polar surface area (TPSA) is 90.5 Å². The number of carbonyl (C=O) groups is 1. The first-order valence-electron chi connectivity index (χ1n) is 7.55. The van der Waals surface area contributed by atoms with E-state index < -0.39 is 0 Å². The second-order valence-corrected chi connectivity index (χ2v) is 5.28. The van der Waals surface area contributed by atoms with Crippen molar-refractivity contribution in [3.63, 3.8) is 0 Å². The van der Waals surface area contributed by atoms with Crippen molar-refractivity contribution in [2.24, 2.45) is 0 Å². The minimum atomic E-state index is -0.00727. The Morgan fingerprint density at radius 2 is 1.95 bits per heavy atom. The Bertz CT molecular complexity index is 644. The van der Waals surface area contributed by atoms with Crippen LogP contribution in [0.25, 0.3) is 0 Å². The number of hydrogen-bond acceptors (Lipinski definition) is 5. The summed E-state index contributed by atoms with van der Waals surface area (Å²) in [6, 6.07) is 0. The molecule has 0 atom stereocenters. The summed E-state index contributed by atoms with van der Waals surface area (Å²) in [6.45, 7) is 9.78. The molecule has 0 saturated carbocycles. The van der Waals surface area contributed by atoms with E-state index in [1.807, 2.05) is 18.5 Å². The largest absolute Gasteiger partial charge is 0.354 e. The maximum absolute atomic E-state index is 11.8. The van der Waals surface area contributed by atoms with Crippen LogP contribution < -0.4 is 5.32 Å². The zero-order chi connectivity index (χ0) is 16.1. The van der Waals surface area contributed by atoms with E-state index >= 15 is 0 Å². The lowest BCUT2D eigenvalue weighted by Crippen LogP contribution is -2.28. The lowest BCUT2D eigenvalue weighted by atomic mass is 10.1. The van der Waals surface area contributed by atoms with Gasteiger partial charge in [0.05, 0.1) is 18.8 Å². The van der Waals surface area contributed by atoms with Crippen LogP contribution in [0.2, 0.25) is 0 Å². The van der Waals surface area contributed by atoms with Gasteiger partial charge in [0.1, 0.15) is 5.82 Å². The molecule has 2 rings (SSSR count). The lowest BCUT2D eigenvalue weighted by molar-refractivity contribution is -0.121. The number of amides is 1. The SMILES string of the molecule is CCc1c(C)nn(CCNC(=O)CCn2nnnc2C)c1C. The molecule has 0 aliphatic carbocycles. The summed E-state index contributed by atoms with van der Waals surface area (Å²) in [5.41, 5.74) is 3.54. The number of carbonyl (C=O) groups excluding carboxylic acids is 1. The number of tetrazole rings is 1. The van der Waals surface area contributed by atoms with Crippen molar-refractivity contribution in [3.8, 4) is 0 Å². The van der Waals surface area contributed by atoms with E-state index in [2.05, 4.69) is 39.8 Å². The van der Waals surface area contributed by atoms with Crippen molar-refractivity contribution < 1.29 is 4.79 Å². The third-order valence-electron chi connectivity index (χ3n) is 3.79. The van der Waals surface area contributed by atoms with Crippen molar-refractivity contribution in [1.29, 1.82) is 0 Å². The number of rotatable bonds is 7. The average Bonchev–Trinajstić information content (AvgIpc) is 3.00. The molecule has 1 amide bonds. The highest BCUT2D eigenvalue weighted by Gasteiger charge is 2.10. The number of nitrogens with zero attached hydrogens (tertiary/aromatic N) is 6. The number of hydrogen-bond donors (Lipinski definition) is 1. The van der Waals surface area contributed by atoms with Gasteiger partial charge in [-0.25, -0.2) is 4.68 Å². The Kier molecular flexibility index (Phi) is 5.24. The Balaban J connectivity index is 1.76. The summed E-state index contributed by atoms with van der Waals surface area (Å²) in [5, 5.41) is 18.6. The summed E-state index contributed by atoms with van der Waals surface area (Å²) < 4.78 is 3.58. The van der Waals surface area contributed by atoms with Crippen LogP contribution in [0.5, 0.6) is 0 Å². The lowest BCUT2D eigenvalue weighted by Gasteiger charge is -2.07. The van der Waals surface area contributed by atoms with E-state index in [1.54, 1.807) is 4.68 Å². The minimum absolute atomic E-state index is 0.00727. The van der Waals surface area contributed by atoms with E-state index in [1.165, 1.54) is 11.3 Å². The predicted molar refractivity (Wildman–Crippen MR) is 81.3 cm³/mol. The Morgan fingerprint density at radius 3 is 2.55 bits per heavy atom. The van der Waals surface area contributed by atoms with Gasteiger partial charge in [0, 0.05) is 18.7 Å². The highest BCUT2D eigenvalue weighted by atomic mass is 16.1. The van der Waals surface area contributed by atoms with Gasteiger partial charge in [-0.3, -0.25) is 9.48 Å². The van der Waals surface area contributed by atoms with Crippen LogP contribution in [0.15, 0.2) is 0 Å². The van der Waals surface area contributed by atoms with Gasteiger partial charge in [0.25, 0.3) is 0 Å². The van der Waals surface area contributed by atoms with Gasteiger partial charge in [-0.1, -0.05) is 6.92 Å². The van der Waals surface area contributed by atoms with Crippen LogP contribution in [-0.2, 0) is 24.3 Å². The van der Waals surface area contributed by atoms with Crippen LogP contribution in [0.3, 0.4) is 0 Å². The zero-order valence-corrected chi connectivity index (χ0v) is 13.6. The first-order chi connectivity index (χ1) is 10.5. The van der Waals surface area contributed by atoms with Crippen molar-refractivity contribution in [1.82, 2.24) is 35.3 Å². The fourth-order valence-corrected chi connectivity index (χ4v) is 2.52. The fraction of sp³-hybridized carbons (Fsp3) is 0.643. The molecule has 2 aromatic heterocycles. The first kappa shape index (κ1) is 16.1. The van der Waals surface area contributed by atoms with Gasteiger partial charge in [-0.05, 0) is 43.2 Å². The smallest absolute Gasteiger partial charge is 0.221 e. The van der Waals surface area contributed by atoms with Crippen LogP contribution in [0.1, 0.15) is 36.1 Å². The third kappa shape index (κ3) is 3.69. The number of aryl methyl sites for hydroxylation is 3. The standard InChI is InChI=1S/C14H23N7O/c1-5-13-10(2)17-20(11(13)3)9-7-15-14(22)6-8-21-12(4)16-18-19-21/h5-9H2,1-4H3,(H,15,22). The van der Waals surface area contributed by atoms with Crippen molar-refractivity contribution in [2.45, 2.75) is 53.6 Å². The normalized spacial score (nSPS) is 10.9. The molecular weight excluding hydrogens is 282 g/mol. The predicted octanol–water partition coefficient (Wildman–Crippen LogP) is 0.564. The molecule has 1 N–H and O–H groups in total. The van der Waals surface area contributed by atoms with Crippen LogP contribution in [-0.4, -0.2) is 42.4 Å². The van der Waals surface area contributed by atoms with E-state index in [4.69, 9.17) is 0 Å². The molecule has 22 heavy (non-hydrogen) atoms. The van der Waals surface area contributed by atoms with Crippen molar-refractivity contribution in [3.05, 3.63) is 22.8 Å². The van der Waals surface area contributed by atoms with Gasteiger partial charge in [-0.2, -0.15) is 5.10 Å². The molecule has 0 bridgehead atoms. The molecule has 0 spiro atoms. The monoisotopic (exact) mass is 305 g/mol. The molecule has 0 unspecified atom stereocenters. The Morgan fingerprint density at radius 1 is 1.18 bits per heavy atom. The minimum Gasteiger partial charge on any atom is -0.354 e. The maximum Gasteiger partial charge on any atom is 0.221 e. The van der Waals surface area contributed by atoms with E-state index in [-0.39, 0.29) is 5.91 Å². The van der Waals surface area contributed by atoms with E-state index in [9.17, 15) is 4.79 Å². The Labute approximate surface area is 129 Å². The van der Waals surface area contributed by atoms with Crippen LogP contribution in [0.4, 0.5) is 0 Å². The van der Waals surface area contributed by atoms with E-state index in [0.717, 1.165) is 12.1 Å². The molecule has 0 aliphatic heterocycles. The molecule has 8 heteroatoms. The van der Waals surface area contributed by atoms with Crippen molar-refractivity contribution >= 4 is 5.91 Å². The molecule has 0 saturated heterocycles. The van der Waals surface area contributed by atoms with Crippen LogP contribution >= 0.6 is 0 Å². The molecular formula is C14H23N7O. The summed E-state index contributed by atoms with van der Waals surface area (Å²) >= 11 is 0. The molecule has 0 fully saturated rings. The van der Waals surface area contributed by atoms with Crippen LogP contribution in [0, 0.1) is 20.8 Å². The first-order valence-corrected chi connectivity index (χ1v) is 7.55. The molecule has 2 heterocycles. The highest BCUT2D eigenvalue weighted by Crippen LogP contribution is 2.12. The molecule has 0 aromatic carbocycles. The van der Waals surface area contributed by atoms with Gasteiger partial charge in [0.15, 0.2) is 0 Å². The van der Waals surface area contributed by atoms with Gasteiger partial charge < -0.3 is 5.32 Å². The summed E-state index contributed by atoms with van der Waals surface area (Å²) in [5.74, 6) is 0.703. The van der Waals surface area contributed by atoms with Gasteiger partial charge in [-0.15, -0.1) is 5.10 Å². The second-order valence-electron chi connectivity index (χ2n) is 5.28. The summed E-state index contributed by atoms with van der Waals surface area (Å²) in [6.07, 6.45) is 1.35. The Hall–Kier alpha value is -2.25. The van der Waals surface area contributed by atoms with Crippen molar-refractivity contribution in [2.75, 3.05) is 6.54 Å². The van der Waals surface area contributed by atoms with Gasteiger partial charge >= 0.3 is 0 Å². The number of nitrogens with one attached hydrogen (secondary N) is 1. The third-order valence-corrected chi connectivity index (χ3v) is 3.79.